The Morgan fingerprint density at radius 3 is 2.90 bits per heavy atom. The van der Waals surface area contributed by atoms with Crippen LogP contribution in [0.4, 0.5) is 17.1 Å². The molecule has 31 heavy (non-hydrogen) atoms. The van der Waals surface area contributed by atoms with Gasteiger partial charge in [-0.05, 0) is 31.0 Å². The van der Waals surface area contributed by atoms with Crippen molar-refractivity contribution < 1.29 is 9.53 Å². The molecular formula is C22H25N7O2. The lowest BCUT2D eigenvalue weighted by Gasteiger charge is -2.33. The summed E-state index contributed by atoms with van der Waals surface area (Å²) >= 11 is 0. The van der Waals surface area contributed by atoms with Crippen LogP contribution in [-0.4, -0.2) is 47.1 Å². The number of hydrogen-bond acceptors (Lipinski definition) is 8. The summed E-state index contributed by atoms with van der Waals surface area (Å²) in [6.45, 7) is 1.59. The first-order chi connectivity index (χ1) is 15.1. The molecule has 1 atom stereocenters. The summed E-state index contributed by atoms with van der Waals surface area (Å²) in [6.07, 6.45) is 6.73. The van der Waals surface area contributed by atoms with E-state index in [2.05, 4.69) is 25.2 Å². The number of hydrogen-bond donors (Lipinski definition) is 3. The van der Waals surface area contributed by atoms with Gasteiger partial charge in [0.25, 0.3) is 5.91 Å². The molecule has 5 N–H and O–H groups in total. The first kappa shape index (κ1) is 20.5. The fourth-order valence-corrected chi connectivity index (χ4v) is 3.70. The molecule has 1 aliphatic rings. The van der Waals surface area contributed by atoms with E-state index >= 15 is 0 Å². The van der Waals surface area contributed by atoms with Crippen molar-refractivity contribution >= 4 is 23.0 Å². The number of nitrogens with one attached hydrogen (secondary N) is 1. The minimum absolute atomic E-state index is 0.0843. The highest BCUT2D eigenvalue weighted by Gasteiger charge is 2.22. The summed E-state index contributed by atoms with van der Waals surface area (Å²) in [4.78, 5) is 28.1. The van der Waals surface area contributed by atoms with Gasteiger partial charge in [0.2, 0.25) is 0 Å². The van der Waals surface area contributed by atoms with E-state index in [4.69, 9.17) is 16.2 Å². The predicted octanol–water partition coefficient (Wildman–Crippen LogP) is 2.31. The largest absolute Gasteiger partial charge is 0.496 e. The number of para-hydroxylation sites is 1. The van der Waals surface area contributed by atoms with Gasteiger partial charge in [-0.2, -0.15) is 0 Å². The number of methoxy groups -OCH3 is 1. The zero-order valence-corrected chi connectivity index (χ0v) is 17.3. The van der Waals surface area contributed by atoms with E-state index in [1.165, 1.54) is 6.20 Å². The molecule has 3 aromatic rings. The number of rotatable bonds is 5. The highest BCUT2D eigenvalue weighted by atomic mass is 16.5. The molecule has 0 saturated carbocycles. The van der Waals surface area contributed by atoms with Crippen LogP contribution >= 0.6 is 0 Å². The summed E-state index contributed by atoms with van der Waals surface area (Å²) < 4.78 is 5.38. The van der Waals surface area contributed by atoms with Gasteiger partial charge >= 0.3 is 0 Å². The molecule has 9 heteroatoms. The summed E-state index contributed by atoms with van der Waals surface area (Å²) in [5, 5.41) is 2.90. The Bertz CT molecular complexity index is 1090. The van der Waals surface area contributed by atoms with Crippen LogP contribution in [-0.2, 0) is 0 Å². The third-order valence-corrected chi connectivity index (χ3v) is 5.22. The second-order valence-corrected chi connectivity index (χ2v) is 7.39. The number of aromatic nitrogens is 3. The zero-order chi connectivity index (χ0) is 21.8. The van der Waals surface area contributed by atoms with Crippen LogP contribution in [0.2, 0.25) is 0 Å². The smallest absolute Gasteiger partial charge is 0.276 e. The third kappa shape index (κ3) is 4.41. The average molecular weight is 419 g/mol. The maximum Gasteiger partial charge on any atom is 0.276 e. The summed E-state index contributed by atoms with van der Waals surface area (Å²) in [5.41, 5.74) is 14.6. The van der Waals surface area contributed by atoms with Crippen LogP contribution in [0, 0.1) is 0 Å². The van der Waals surface area contributed by atoms with Crippen molar-refractivity contribution in [1.29, 1.82) is 0 Å². The van der Waals surface area contributed by atoms with Crippen molar-refractivity contribution in [3.05, 3.63) is 54.6 Å². The first-order valence-corrected chi connectivity index (χ1v) is 10.1. The molecule has 4 rings (SSSR count). The molecule has 0 radical (unpaired) electrons. The van der Waals surface area contributed by atoms with E-state index in [9.17, 15) is 4.79 Å². The van der Waals surface area contributed by atoms with Gasteiger partial charge in [0.1, 0.15) is 5.75 Å². The van der Waals surface area contributed by atoms with Crippen LogP contribution < -0.4 is 26.4 Å². The Morgan fingerprint density at radius 1 is 1.26 bits per heavy atom. The first-order valence-electron chi connectivity index (χ1n) is 10.1. The number of carbonyl (C=O) groups is 1. The Balaban J connectivity index is 1.63. The van der Waals surface area contributed by atoms with Crippen molar-refractivity contribution in [2.24, 2.45) is 5.73 Å². The standard InChI is InChI=1S/C22H25N7O2/c1-31-19-7-3-2-6-15(19)21-26-11-16(24)20(28-21)22(30)27-17-12-25-9-8-18(17)29-10-4-5-14(23)13-29/h2-3,6-9,11-12,14H,4-5,10,13,23-24H2,1H3,(H,27,30). The van der Waals surface area contributed by atoms with Crippen LogP contribution in [0.15, 0.2) is 48.9 Å². The molecule has 9 nitrogen and oxygen atoms in total. The molecule has 1 aromatic carbocycles. The fraction of sp³-hybridized carbons (Fsp3) is 0.273. The molecule has 0 spiro atoms. The number of nitrogen functional groups attached to an aromatic ring is 1. The maximum absolute atomic E-state index is 13.1. The molecule has 1 amide bonds. The van der Waals surface area contributed by atoms with E-state index in [1.54, 1.807) is 25.6 Å². The molecule has 1 saturated heterocycles. The molecule has 1 aliphatic heterocycles. The van der Waals surface area contributed by atoms with Gasteiger partial charge < -0.3 is 26.4 Å². The quantitative estimate of drug-likeness (QED) is 0.574. The summed E-state index contributed by atoms with van der Waals surface area (Å²) in [6, 6.07) is 9.31. The second-order valence-electron chi connectivity index (χ2n) is 7.39. The van der Waals surface area contributed by atoms with Crippen LogP contribution in [0.1, 0.15) is 23.3 Å². The molecule has 1 unspecified atom stereocenters. The number of nitrogens with zero attached hydrogens (tertiary/aromatic N) is 4. The van der Waals surface area contributed by atoms with Crippen molar-refractivity contribution in [1.82, 2.24) is 15.0 Å². The topological polar surface area (TPSA) is 132 Å². The Kier molecular flexibility index (Phi) is 5.94. The second kappa shape index (κ2) is 8.97. The predicted molar refractivity (Wildman–Crippen MR) is 120 cm³/mol. The SMILES string of the molecule is COc1ccccc1-c1ncc(N)c(C(=O)Nc2cnccc2N2CCCC(N)C2)n1. The zero-order valence-electron chi connectivity index (χ0n) is 17.3. The normalized spacial score (nSPS) is 16.1. The van der Waals surface area contributed by atoms with E-state index in [1.807, 2.05) is 24.3 Å². The number of piperidine rings is 1. The van der Waals surface area contributed by atoms with E-state index in [-0.39, 0.29) is 17.4 Å². The third-order valence-electron chi connectivity index (χ3n) is 5.22. The number of carbonyl (C=O) groups excluding carboxylic acids is 1. The Hall–Kier alpha value is -3.72. The Morgan fingerprint density at radius 2 is 2.10 bits per heavy atom. The van der Waals surface area contributed by atoms with E-state index < -0.39 is 5.91 Å². The van der Waals surface area contributed by atoms with Crippen molar-refractivity contribution in [2.75, 3.05) is 36.1 Å². The summed E-state index contributed by atoms with van der Waals surface area (Å²) in [5.74, 6) is 0.520. The number of anilines is 3. The van der Waals surface area contributed by atoms with Gasteiger partial charge in [-0.1, -0.05) is 12.1 Å². The summed E-state index contributed by atoms with van der Waals surface area (Å²) in [7, 11) is 1.57. The van der Waals surface area contributed by atoms with Gasteiger partial charge in [0.05, 0.1) is 42.1 Å². The highest BCUT2D eigenvalue weighted by molar-refractivity contribution is 6.07. The van der Waals surface area contributed by atoms with Crippen molar-refractivity contribution in [3.63, 3.8) is 0 Å². The van der Waals surface area contributed by atoms with Gasteiger partial charge in [0.15, 0.2) is 11.5 Å². The number of benzene rings is 1. The maximum atomic E-state index is 13.1. The van der Waals surface area contributed by atoms with E-state index in [0.29, 0.717) is 22.8 Å². The molecule has 160 valence electrons. The van der Waals surface area contributed by atoms with Gasteiger partial charge in [-0.3, -0.25) is 9.78 Å². The van der Waals surface area contributed by atoms with Crippen molar-refractivity contribution in [3.8, 4) is 17.1 Å². The van der Waals surface area contributed by atoms with Crippen molar-refractivity contribution in [2.45, 2.75) is 18.9 Å². The lowest BCUT2D eigenvalue weighted by atomic mass is 10.1. The molecule has 0 bridgehead atoms. The lowest BCUT2D eigenvalue weighted by Crippen LogP contribution is -2.43. The molecule has 1 fully saturated rings. The molecular weight excluding hydrogens is 394 g/mol. The number of amides is 1. The Labute approximate surface area is 180 Å². The highest BCUT2D eigenvalue weighted by Crippen LogP contribution is 2.30. The van der Waals surface area contributed by atoms with Crippen LogP contribution in [0.3, 0.4) is 0 Å². The number of nitrogens with two attached hydrogens (primary N) is 2. The monoisotopic (exact) mass is 419 g/mol. The molecule has 0 aliphatic carbocycles. The molecule has 3 heterocycles. The van der Waals surface area contributed by atoms with Gasteiger partial charge in [-0.25, -0.2) is 9.97 Å². The van der Waals surface area contributed by atoms with Gasteiger partial charge in [-0.15, -0.1) is 0 Å². The molecule has 2 aromatic heterocycles. The minimum Gasteiger partial charge on any atom is -0.496 e. The van der Waals surface area contributed by atoms with E-state index in [0.717, 1.165) is 31.6 Å². The minimum atomic E-state index is -0.438. The van der Waals surface area contributed by atoms with Crippen LogP contribution in [0.25, 0.3) is 11.4 Å². The lowest BCUT2D eigenvalue weighted by molar-refractivity contribution is 0.102. The van der Waals surface area contributed by atoms with Gasteiger partial charge in [0, 0.05) is 25.3 Å². The number of pyridine rings is 1. The van der Waals surface area contributed by atoms with Crippen LogP contribution in [0.5, 0.6) is 5.75 Å². The number of ether oxygens (including phenoxy) is 1. The average Bonchev–Trinajstić information content (AvgIpc) is 2.79. The fourth-order valence-electron chi connectivity index (χ4n) is 3.70.